The third-order valence-electron chi connectivity index (χ3n) is 2.13. The number of ether oxygens (including phenoxy) is 3. The Morgan fingerprint density at radius 2 is 1.90 bits per heavy atom. The van der Waals surface area contributed by atoms with Crippen LogP contribution >= 0.6 is 0 Å². The lowest BCUT2D eigenvalue weighted by molar-refractivity contribution is -0.274. The summed E-state index contributed by atoms with van der Waals surface area (Å²) in [5.74, 6) is 4.87. The van der Waals surface area contributed by atoms with Gasteiger partial charge in [-0.25, -0.2) is 0 Å². The van der Waals surface area contributed by atoms with E-state index in [4.69, 9.17) is 9.47 Å². The monoisotopic (exact) mass is 288 g/mol. The molecule has 0 aliphatic carbocycles. The van der Waals surface area contributed by atoms with Gasteiger partial charge in [-0.05, 0) is 26.0 Å². The third-order valence-corrected chi connectivity index (χ3v) is 2.13. The van der Waals surface area contributed by atoms with Gasteiger partial charge < -0.3 is 14.2 Å². The largest absolute Gasteiger partial charge is 0.573 e. The fourth-order valence-electron chi connectivity index (χ4n) is 1.36. The minimum Gasteiger partial charge on any atom is -0.404 e. The lowest BCUT2D eigenvalue weighted by Crippen LogP contribution is -2.17. The molecule has 20 heavy (non-hydrogen) atoms. The van der Waals surface area contributed by atoms with Gasteiger partial charge in [-0.2, -0.15) is 0 Å². The zero-order valence-corrected chi connectivity index (χ0v) is 11.2. The molecule has 0 aliphatic rings. The van der Waals surface area contributed by atoms with Gasteiger partial charge in [-0.1, -0.05) is 24.0 Å². The van der Waals surface area contributed by atoms with Crippen LogP contribution in [0.3, 0.4) is 0 Å². The van der Waals surface area contributed by atoms with Gasteiger partial charge in [0.2, 0.25) is 0 Å². The number of halogens is 3. The molecule has 0 bridgehead atoms. The van der Waals surface area contributed by atoms with Gasteiger partial charge in [-0.3, -0.25) is 0 Å². The average molecular weight is 288 g/mol. The van der Waals surface area contributed by atoms with E-state index in [1.165, 1.54) is 18.2 Å². The zero-order valence-electron chi connectivity index (χ0n) is 11.2. The minimum absolute atomic E-state index is 0.0571. The van der Waals surface area contributed by atoms with Crippen LogP contribution in [0.4, 0.5) is 13.2 Å². The van der Waals surface area contributed by atoms with Crippen LogP contribution in [-0.2, 0) is 9.47 Å². The van der Waals surface area contributed by atoms with Gasteiger partial charge in [0.15, 0.2) is 6.29 Å². The zero-order chi connectivity index (χ0) is 15.0. The van der Waals surface area contributed by atoms with E-state index in [0.29, 0.717) is 6.61 Å². The summed E-state index contributed by atoms with van der Waals surface area (Å²) < 4.78 is 50.8. The van der Waals surface area contributed by atoms with E-state index in [1.54, 1.807) is 13.0 Å². The van der Waals surface area contributed by atoms with Crippen LogP contribution < -0.4 is 4.74 Å². The van der Waals surface area contributed by atoms with Crippen molar-refractivity contribution in [3.8, 4) is 17.6 Å². The van der Waals surface area contributed by atoms with Crippen molar-refractivity contribution in [1.82, 2.24) is 0 Å². The van der Waals surface area contributed by atoms with Crippen molar-refractivity contribution in [3.63, 3.8) is 0 Å². The molecule has 1 rings (SSSR count). The van der Waals surface area contributed by atoms with Gasteiger partial charge >= 0.3 is 6.36 Å². The van der Waals surface area contributed by atoms with Crippen LogP contribution in [0, 0.1) is 11.8 Å². The fourth-order valence-corrected chi connectivity index (χ4v) is 1.36. The Kier molecular flexibility index (Phi) is 6.36. The maximum absolute atomic E-state index is 12.2. The maximum atomic E-state index is 12.2. The van der Waals surface area contributed by atoms with E-state index in [1.807, 2.05) is 6.92 Å². The summed E-state index contributed by atoms with van der Waals surface area (Å²) in [5, 5.41) is 0. The molecule has 1 atom stereocenters. The molecule has 0 spiro atoms. The molecule has 0 radical (unpaired) electrons. The van der Waals surface area contributed by atoms with Crippen LogP contribution in [0.25, 0.3) is 0 Å². The van der Waals surface area contributed by atoms with Crippen LogP contribution in [0.1, 0.15) is 19.4 Å². The predicted octanol–water partition coefficient (Wildman–Crippen LogP) is 3.34. The van der Waals surface area contributed by atoms with Crippen molar-refractivity contribution < 1.29 is 27.4 Å². The van der Waals surface area contributed by atoms with Gasteiger partial charge in [0.1, 0.15) is 12.4 Å². The number of hydrogen-bond donors (Lipinski definition) is 0. The smallest absolute Gasteiger partial charge is 0.404 e. The number of hydrogen-bond acceptors (Lipinski definition) is 3. The second-order valence-corrected chi connectivity index (χ2v) is 3.68. The number of para-hydroxylation sites is 1. The molecule has 0 N–H and O–H groups in total. The highest BCUT2D eigenvalue weighted by Gasteiger charge is 2.31. The summed E-state index contributed by atoms with van der Waals surface area (Å²) in [6.07, 6.45) is -5.14. The van der Waals surface area contributed by atoms with Crippen molar-refractivity contribution >= 4 is 0 Å². The first-order valence-corrected chi connectivity index (χ1v) is 5.99. The molecule has 3 nitrogen and oxygen atoms in total. The highest BCUT2D eigenvalue weighted by Crippen LogP contribution is 2.25. The maximum Gasteiger partial charge on any atom is 0.573 e. The van der Waals surface area contributed by atoms with E-state index in [-0.39, 0.29) is 17.9 Å². The standard InChI is InChI=1S/C14H15F3O3/c1-3-18-11(2)19-10-6-8-12-7-4-5-9-13(12)20-14(15,16)17/h4-5,7,9,11H,3,10H2,1-2H3. The quantitative estimate of drug-likeness (QED) is 0.614. The highest BCUT2D eigenvalue weighted by molar-refractivity contribution is 5.46. The third kappa shape index (κ3) is 6.45. The van der Waals surface area contributed by atoms with E-state index in [2.05, 4.69) is 16.6 Å². The van der Waals surface area contributed by atoms with E-state index < -0.39 is 12.7 Å². The van der Waals surface area contributed by atoms with Crippen molar-refractivity contribution in [3.05, 3.63) is 29.8 Å². The van der Waals surface area contributed by atoms with Crippen LogP contribution in [0.5, 0.6) is 5.75 Å². The molecule has 0 amide bonds. The minimum atomic E-state index is -4.74. The predicted molar refractivity (Wildman–Crippen MR) is 67.0 cm³/mol. The molecule has 0 saturated carbocycles. The van der Waals surface area contributed by atoms with E-state index in [9.17, 15) is 13.2 Å². The summed E-state index contributed by atoms with van der Waals surface area (Å²) in [5.41, 5.74) is 0.150. The van der Waals surface area contributed by atoms with E-state index >= 15 is 0 Å². The van der Waals surface area contributed by atoms with Crippen LogP contribution in [0.2, 0.25) is 0 Å². The lowest BCUT2D eigenvalue weighted by Gasteiger charge is -2.10. The van der Waals surface area contributed by atoms with Gasteiger partial charge in [-0.15, -0.1) is 13.2 Å². The summed E-state index contributed by atoms with van der Waals surface area (Å²) in [4.78, 5) is 0. The molecule has 6 heteroatoms. The summed E-state index contributed by atoms with van der Waals surface area (Å²) in [7, 11) is 0. The molecule has 0 heterocycles. The number of alkyl halides is 3. The molecule has 0 fully saturated rings. The Morgan fingerprint density at radius 3 is 2.55 bits per heavy atom. The van der Waals surface area contributed by atoms with Crippen molar-refractivity contribution in [2.75, 3.05) is 13.2 Å². The van der Waals surface area contributed by atoms with Crippen molar-refractivity contribution in [2.45, 2.75) is 26.5 Å². The Bertz CT molecular complexity index is 475. The van der Waals surface area contributed by atoms with Gasteiger partial charge in [0, 0.05) is 6.61 Å². The molecule has 0 aromatic heterocycles. The second-order valence-electron chi connectivity index (χ2n) is 3.68. The Labute approximate surface area is 115 Å². The SMILES string of the molecule is CCOC(C)OCC#Cc1ccccc1OC(F)(F)F. The Hall–Kier alpha value is -1.71. The topological polar surface area (TPSA) is 27.7 Å². The first-order valence-electron chi connectivity index (χ1n) is 5.99. The van der Waals surface area contributed by atoms with Gasteiger partial charge in [0.25, 0.3) is 0 Å². The Morgan fingerprint density at radius 1 is 1.20 bits per heavy atom. The first-order chi connectivity index (χ1) is 9.42. The first kappa shape index (κ1) is 16.3. The molecule has 1 aromatic carbocycles. The molecular weight excluding hydrogens is 273 g/mol. The second kappa shape index (κ2) is 7.78. The van der Waals surface area contributed by atoms with Gasteiger partial charge in [0.05, 0.1) is 5.56 Å². The molecule has 1 unspecified atom stereocenters. The number of rotatable bonds is 5. The summed E-state index contributed by atoms with van der Waals surface area (Å²) >= 11 is 0. The highest BCUT2D eigenvalue weighted by atomic mass is 19.4. The summed E-state index contributed by atoms with van der Waals surface area (Å²) in [6.45, 7) is 4.11. The lowest BCUT2D eigenvalue weighted by atomic mass is 10.2. The molecular formula is C14H15F3O3. The molecule has 0 aliphatic heterocycles. The normalized spacial score (nSPS) is 12.4. The molecule has 0 saturated heterocycles. The fraction of sp³-hybridized carbons (Fsp3) is 0.429. The molecule has 1 aromatic rings. The van der Waals surface area contributed by atoms with Crippen molar-refractivity contribution in [2.24, 2.45) is 0 Å². The van der Waals surface area contributed by atoms with Crippen LogP contribution in [-0.4, -0.2) is 25.9 Å². The molecule has 110 valence electrons. The Balaban J connectivity index is 2.64. The van der Waals surface area contributed by atoms with E-state index in [0.717, 1.165) is 0 Å². The number of benzene rings is 1. The van der Waals surface area contributed by atoms with Crippen LogP contribution in [0.15, 0.2) is 24.3 Å². The average Bonchev–Trinajstić information content (AvgIpc) is 2.35. The summed E-state index contributed by atoms with van der Waals surface area (Å²) in [6, 6.07) is 5.68. The van der Waals surface area contributed by atoms with Crippen molar-refractivity contribution in [1.29, 1.82) is 0 Å².